The Morgan fingerprint density at radius 2 is 1.53 bits per heavy atom. The maximum absolute atomic E-state index is 13.8. The van der Waals surface area contributed by atoms with Crippen LogP contribution in [0.15, 0.2) is 72.8 Å². The highest BCUT2D eigenvalue weighted by molar-refractivity contribution is 5.34. The van der Waals surface area contributed by atoms with E-state index in [0.29, 0.717) is 11.8 Å². The third kappa shape index (κ3) is 5.65. The lowest BCUT2D eigenvalue weighted by molar-refractivity contribution is 0.297. The van der Waals surface area contributed by atoms with Gasteiger partial charge in [0.1, 0.15) is 11.9 Å². The van der Waals surface area contributed by atoms with Crippen molar-refractivity contribution in [3.63, 3.8) is 0 Å². The second kappa shape index (κ2) is 10.6. The zero-order valence-electron chi connectivity index (χ0n) is 18.9. The summed E-state index contributed by atoms with van der Waals surface area (Å²) in [5.41, 5.74) is 5.27. The average molecular weight is 426 g/mol. The van der Waals surface area contributed by atoms with Crippen LogP contribution in [0, 0.1) is 23.1 Å². The smallest absolute Gasteiger partial charge is 0.141 e. The highest BCUT2D eigenvalue weighted by Crippen LogP contribution is 2.39. The molecule has 4 rings (SSSR count). The Balaban J connectivity index is 1.26. The van der Waals surface area contributed by atoms with Gasteiger partial charge in [-0.3, -0.25) is 0 Å². The van der Waals surface area contributed by atoms with Crippen LogP contribution >= 0.6 is 0 Å². The minimum atomic E-state index is -0.422. The molecule has 0 radical (unpaired) electrons. The third-order valence-electron chi connectivity index (χ3n) is 7.21. The largest absolute Gasteiger partial charge is 0.206 e. The normalized spacial score (nSPS) is 19.3. The van der Waals surface area contributed by atoms with Crippen molar-refractivity contribution in [2.75, 3.05) is 0 Å². The molecule has 0 spiro atoms. The molecule has 0 amide bonds. The number of rotatable bonds is 7. The van der Waals surface area contributed by atoms with Gasteiger partial charge in [-0.1, -0.05) is 67.6 Å². The molecule has 1 saturated carbocycles. The number of halogens is 1. The Hall–Kier alpha value is -2.92. The van der Waals surface area contributed by atoms with Crippen LogP contribution in [0.1, 0.15) is 78.7 Å². The summed E-state index contributed by atoms with van der Waals surface area (Å²) in [5.74, 6) is 1.74. The van der Waals surface area contributed by atoms with Gasteiger partial charge in [-0.05, 0) is 97.1 Å². The van der Waals surface area contributed by atoms with E-state index >= 15 is 0 Å². The molecule has 3 aromatic carbocycles. The fraction of sp³-hybridized carbons (Fsp3) is 0.367. The average Bonchev–Trinajstić information content (AvgIpc) is 2.84. The second-order valence-electron chi connectivity index (χ2n) is 9.43. The summed E-state index contributed by atoms with van der Waals surface area (Å²) in [5, 5.41) is 8.86. The quantitative estimate of drug-likeness (QED) is 0.377. The van der Waals surface area contributed by atoms with Crippen LogP contribution in [-0.2, 0) is 12.8 Å². The van der Waals surface area contributed by atoms with Crippen molar-refractivity contribution in [1.29, 1.82) is 5.26 Å². The summed E-state index contributed by atoms with van der Waals surface area (Å²) in [6.45, 7) is 2.37. The Kier molecular flexibility index (Phi) is 7.38. The summed E-state index contributed by atoms with van der Waals surface area (Å²) < 4.78 is 13.8. The molecule has 0 aliphatic heterocycles. The molecular formula is C30H32FN. The molecular weight excluding hydrogens is 393 g/mol. The molecule has 164 valence electrons. The number of hydrogen-bond acceptors (Lipinski definition) is 1. The van der Waals surface area contributed by atoms with E-state index < -0.39 is 5.82 Å². The molecule has 0 saturated heterocycles. The van der Waals surface area contributed by atoms with Gasteiger partial charge in [0.25, 0.3) is 0 Å². The van der Waals surface area contributed by atoms with Gasteiger partial charge in [0.2, 0.25) is 0 Å². The summed E-state index contributed by atoms with van der Waals surface area (Å²) in [6, 6.07) is 26.8. The highest BCUT2D eigenvalue weighted by Gasteiger charge is 2.24. The van der Waals surface area contributed by atoms with Crippen LogP contribution in [0.3, 0.4) is 0 Å². The second-order valence-corrected chi connectivity index (χ2v) is 9.43. The first kappa shape index (κ1) is 22.3. The first-order chi connectivity index (χ1) is 15.6. The first-order valence-electron chi connectivity index (χ1n) is 11.9. The van der Waals surface area contributed by atoms with Crippen LogP contribution in [0.2, 0.25) is 0 Å². The number of hydrogen-bond donors (Lipinski definition) is 0. The van der Waals surface area contributed by atoms with Crippen molar-refractivity contribution in [3.05, 3.63) is 106 Å². The number of nitrogens with zero attached hydrogens (tertiary/aromatic N) is 1. The zero-order chi connectivity index (χ0) is 22.3. The maximum Gasteiger partial charge on any atom is 0.141 e. The van der Waals surface area contributed by atoms with Crippen molar-refractivity contribution in [2.45, 2.75) is 63.7 Å². The lowest BCUT2D eigenvalue weighted by Crippen LogP contribution is -2.15. The van der Waals surface area contributed by atoms with Gasteiger partial charge in [0.15, 0.2) is 0 Å². The van der Waals surface area contributed by atoms with E-state index in [9.17, 15) is 4.39 Å². The Labute approximate surface area is 191 Å². The van der Waals surface area contributed by atoms with E-state index in [-0.39, 0.29) is 5.56 Å². The number of benzene rings is 3. The minimum Gasteiger partial charge on any atom is -0.206 e. The minimum absolute atomic E-state index is 0.113. The van der Waals surface area contributed by atoms with Crippen LogP contribution in [-0.4, -0.2) is 0 Å². The molecule has 32 heavy (non-hydrogen) atoms. The Morgan fingerprint density at radius 3 is 2.19 bits per heavy atom. The summed E-state index contributed by atoms with van der Waals surface area (Å²) in [4.78, 5) is 0. The molecule has 0 heterocycles. The van der Waals surface area contributed by atoms with Gasteiger partial charge in [-0.2, -0.15) is 5.26 Å². The van der Waals surface area contributed by atoms with Crippen molar-refractivity contribution in [2.24, 2.45) is 5.92 Å². The topological polar surface area (TPSA) is 23.8 Å². The zero-order valence-corrected chi connectivity index (χ0v) is 18.9. The summed E-state index contributed by atoms with van der Waals surface area (Å²) >= 11 is 0. The first-order valence-corrected chi connectivity index (χ1v) is 11.9. The van der Waals surface area contributed by atoms with Crippen LogP contribution in [0.25, 0.3) is 0 Å². The van der Waals surface area contributed by atoms with E-state index in [1.165, 1.54) is 54.9 Å². The Bertz CT molecular complexity index is 1040. The molecule has 0 bridgehead atoms. The molecule has 0 aromatic heterocycles. The van der Waals surface area contributed by atoms with Gasteiger partial charge in [-0.25, -0.2) is 4.39 Å². The van der Waals surface area contributed by atoms with Gasteiger partial charge < -0.3 is 0 Å². The van der Waals surface area contributed by atoms with Crippen molar-refractivity contribution in [3.8, 4) is 6.07 Å². The maximum atomic E-state index is 13.8. The number of aryl methyl sites for hydroxylation is 2. The van der Waals surface area contributed by atoms with Gasteiger partial charge in [0.05, 0.1) is 5.56 Å². The van der Waals surface area contributed by atoms with Crippen molar-refractivity contribution in [1.82, 2.24) is 0 Å². The lowest BCUT2D eigenvalue weighted by Gasteiger charge is -2.30. The third-order valence-corrected chi connectivity index (χ3v) is 7.21. The summed E-state index contributed by atoms with van der Waals surface area (Å²) in [6.07, 6.45) is 8.20. The van der Waals surface area contributed by atoms with Crippen LogP contribution in [0.4, 0.5) is 4.39 Å². The van der Waals surface area contributed by atoms with Gasteiger partial charge >= 0.3 is 0 Å². The lowest BCUT2D eigenvalue weighted by atomic mass is 9.75. The molecule has 1 atom stereocenters. The molecule has 1 aliphatic carbocycles. The van der Waals surface area contributed by atoms with Crippen LogP contribution in [0.5, 0.6) is 0 Å². The van der Waals surface area contributed by atoms with E-state index in [1.807, 2.05) is 12.1 Å². The SMILES string of the molecule is C[C@@H](CC1CCC(c2ccc(CCc3ccc(C#N)c(F)c3)cc2)CC1)c1ccccc1. The van der Waals surface area contributed by atoms with E-state index in [0.717, 1.165) is 24.3 Å². The summed E-state index contributed by atoms with van der Waals surface area (Å²) in [7, 11) is 0. The predicted octanol–water partition coefficient (Wildman–Crippen LogP) is 7.95. The van der Waals surface area contributed by atoms with Gasteiger partial charge in [-0.15, -0.1) is 0 Å². The number of nitriles is 1. The van der Waals surface area contributed by atoms with E-state index in [2.05, 4.69) is 61.5 Å². The van der Waals surface area contributed by atoms with E-state index in [4.69, 9.17) is 5.26 Å². The molecule has 0 N–H and O–H groups in total. The van der Waals surface area contributed by atoms with E-state index in [1.54, 1.807) is 6.07 Å². The van der Waals surface area contributed by atoms with Crippen molar-refractivity contribution >= 4 is 0 Å². The van der Waals surface area contributed by atoms with Gasteiger partial charge in [0, 0.05) is 0 Å². The molecule has 3 aromatic rings. The molecule has 1 aliphatic rings. The molecule has 1 nitrogen and oxygen atoms in total. The molecule has 2 heteroatoms. The standard InChI is InChI=1S/C30H32FN/c1-22(26-5-3-2-4-6-26)19-24-11-16-28(17-12-24)27-14-9-23(10-15-27)7-8-25-13-18-29(21-32)30(31)20-25/h2-6,9-10,13-15,18,20,22,24,28H,7-8,11-12,16-17,19H2,1H3/t22-,24?,28?/m0/s1. The van der Waals surface area contributed by atoms with Crippen LogP contribution < -0.4 is 0 Å². The fourth-order valence-corrected chi connectivity index (χ4v) is 5.20. The monoisotopic (exact) mass is 425 g/mol. The van der Waals surface area contributed by atoms with Crippen molar-refractivity contribution < 1.29 is 4.39 Å². The Morgan fingerprint density at radius 1 is 0.875 bits per heavy atom. The molecule has 1 fully saturated rings. The highest BCUT2D eigenvalue weighted by atomic mass is 19.1. The molecule has 0 unspecified atom stereocenters. The fourth-order valence-electron chi connectivity index (χ4n) is 5.20. The predicted molar refractivity (Wildman–Crippen MR) is 129 cm³/mol.